The number of aliphatic carboxylic acids is 1. The fourth-order valence-corrected chi connectivity index (χ4v) is 2.90. The monoisotopic (exact) mass is 297 g/mol. The highest BCUT2D eigenvalue weighted by molar-refractivity contribution is 5.94. The van der Waals surface area contributed by atoms with Gasteiger partial charge in [0.25, 0.3) is 0 Å². The molecule has 0 amide bonds. The Morgan fingerprint density at radius 2 is 2.00 bits per heavy atom. The summed E-state index contributed by atoms with van der Waals surface area (Å²) in [5, 5.41) is 9.81. The molecule has 3 aromatic rings. The largest absolute Gasteiger partial charge is 0.481 e. The fraction of sp³-hybridized carbons (Fsp3) is 0.167. The molecule has 0 atom stereocenters. The molecule has 0 unspecified atom stereocenters. The van der Waals surface area contributed by atoms with E-state index in [9.17, 15) is 14.3 Å². The summed E-state index contributed by atoms with van der Waals surface area (Å²) in [5.74, 6) is -1.31. The van der Waals surface area contributed by atoms with E-state index in [2.05, 4.69) is 4.98 Å². The number of aromatic nitrogens is 1. The highest BCUT2D eigenvalue weighted by Gasteiger charge is 2.18. The molecule has 0 aliphatic heterocycles. The topological polar surface area (TPSA) is 53.1 Å². The molecule has 0 fully saturated rings. The molecule has 0 saturated carbocycles. The molecular weight excluding hydrogens is 281 g/mol. The molecular formula is C18H16FNO2. The lowest BCUT2D eigenvalue weighted by Crippen LogP contribution is -2.01. The van der Waals surface area contributed by atoms with E-state index < -0.39 is 5.97 Å². The summed E-state index contributed by atoms with van der Waals surface area (Å²) in [6, 6.07) is 10.7. The zero-order valence-electron chi connectivity index (χ0n) is 12.4. The molecule has 4 heteroatoms. The number of H-pyrrole nitrogens is 1. The average Bonchev–Trinajstić information content (AvgIpc) is 2.79. The Hall–Kier alpha value is -2.62. The van der Waals surface area contributed by atoms with Crippen LogP contribution in [-0.2, 0) is 11.2 Å². The second-order valence-electron chi connectivity index (χ2n) is 5.53. The molecule has 1 aromatic heterocycles. The highest BCUT2D eigenvalue weighted by atomic mass is 19.1. The summed E-state index contributed by atoms with van der Waals surface area (Å²) in [6.07, 6.45) is -0.147. The van der Waals surface area contributed by atoms with Gasteiger partial charge in [0.05, 0.1) is 17.6 Å². The Morgan fingerprint density at radius 1 is 1.23 bits per heavy atom. The zero-order valence-corrected chi connectivity index (χ0v) is 12.4. The lowest BCUT2D eigenvalue weighted by Gasteiger charge is -2.08. The number of carboxylic acid groups (broad SMARTS) is 1. The average molecular weight is 297 g/mol. The lowest BCUT2D eigenvalue weighted by atomic mass is 9.98. The molecule has 0 spiro atoms. The maximum absolute atomic E-state index is 14.0. The number of rotatable bonds is 3. The summed E-state index contributed by atoms with van der Waals surface area (Å²) in [4.78, 5) is 14.3. The first kappa shape index (κ1) is 14.3. The van der Waals surface area contributed by atoms with Gasteiger partial charge in [-0.2, -0.15) is 0 Å². The van der Waals surface area contributed by atoms with Crippen molar-refractivity contribution in [2.24, 2.45) is 0 Å². The first-order valence-electron chi connectivity index (χ1n) is 7.06. The molecule has 2 N–H and O–H groups in total. The van der Waals surface area contributed by atoms with Crippen molar-refractivity contribution in [1.82, 2.24) is 4.98 Å². The van der Waals surface area contributed by atoms with Crippen molar-refractivity contribution in [3.05, 3.63) is 58.9 Å². The van der Waals surface area contributed by atoms with Gasteiger partial charge in [-0.3, -0.25) is 4.79 Å². The van der Waals surface area contributed by atoms with E-state index in [1.54, 1.807) is 12.1 Å². The number of hydrogen-bond donors (Lipinski definition) is 2. The van der Waals surface area contributed by atoms with Crippen molar-refractivity contribution in [3.8, 4) is 11.3 Å². The predicted octanol–water partition coefficient (Wildman–Crippen LogP) is 4.22. The number of aryl methyl sites for hydroxylation is 2. The Kier molecular flexibility index (Phi) is 3.45. The van der Waals surface area contributed by atoms with Gasteiger partial charge in [0.15, 0.2) is 0 Å². The van der Waals surface area contributed by atoms with Gasteiger partial charge < -0.3 is 10.1 Å². The summed E-state index contributed by atoms with van der Waals surface area (Å²) >= 11 is 0. The number of carboxylic acids is 1. The molecule has 3 nitrogen and oxygen atoms in total. The molecule has 3 rings (SSSR count). The Balaban J connectivity index is 2.32. The van der Waals surface area contributed by atoms with Gasteiger partial charge in [0.1, 0.15) is 5.82 Å². The van der Waals surface area contributed by atoms with Crippen molar-refractivity contribution < 1.29 is 14.3 Å². The van der Waals surface area contributed by atoms with Gasteiger partial charge in [-0.1, -0.05) is 35.9 Å². The van der Waals surface area contributed by atoms with Gasteiger partial charge in [-0.25, -0.2) is 4.39 Å². The SMILES string of the molecule is Cc1ccc(-c2[nH]c3c(F)cccc3c2CC(=O)O)c(C)c1. The van der Waals surface area contributed by atoms with Crippen LogP contribution < -0.4 is 0 Å². The summed E-state index contributed by atoms with van der Waals surface area (Å²) in [6.45, 7) is 3.97. The standard InChI is InChI=1S/C18H16FNO2/c1-10-6-7-12(11(2)8-10)17-14(9-16(21)22)13-4-3-5-15(19)18(13)20-17/h3-8,20H,9H2,1-2H3,(H,21,22). The van der Waals surface area contributed by atoms with Gasteiger partial charge in [0.2, 0.25) is 0 Å². The second kappa shape index (κ2) is 5.30. The normalized spacial score (nSPS) is 11.0. The van der Waals surface area contributed by atoms with Crippen LogP contribution in [0, 0.1) is 19.7 Å². The van der Waals surface area contributed by atoms with Gasteiger partial charge in [-0.05, 0) is 31.0 Å². The van der Waals surface area contributed by atoms with Crippen molar-refractivity contribution in [1.29, 1.82) is 0 Å². The predicted molar refractivity (Wildman–Crippen MR) is 84.5 cm³/mol. The van der Waals surface area contributed by atoms with Gasteiger partial charge >= 0.3 is 5.97 Å². The van der Waals surface area contributed by atoms with E-state index in [1.165, 1.54) is 6.07 Å². The maximum Gasteiger partial charge on any atom is 0.307 e. The second-order valence-corrected chi connectivity index (χ2v) is 5.53. The number of hydrogen-bond acceptors (Lipinski definition) is 1. The van der Waals surface area contributed by atoms with Crippen molar-refractivity contribution in [2.75, 3.05) is 0 Å². The number of halogens is 1. The molecule has 1 heterocycles. The highest BCUT2D eigenvalue weighted by Crippen LogP contribution is 2.33. The Bertz CT molecular complexity index is 880. The molecule has 22 heavy (non-hydrogen) atoms. The van der Waals surface area contributed by atoms with E-state index in [0.29, 0.717) is 22.2 Å². The van der Waals surface area contributed by atoms with Crippen LogP contribution in [0.1, 0.15) is 16.7 Å². The van der Waals surface area contributed by atoms with Crippen LogP contribution in [0.5, 0.6) is 0 Å². The van der Waals surface area contributed by atoms with E-state index in [0.717, 1.165) is 16.7 Å². The van der Waals surface area contributed by atoms with Gasteiger partial charge in [-0.15, -0.1) is 0 Å². The Morgan fingerprint density at radius 3 is 2.68 bits per heavy atom. The molecule has 0 aliphatic carbocycles. The van der Waals surface area contributed by atoms with E-state index in [-0.39, 0.29) is 12.2 Å². The van der Waals surface area contributed by atoms with Crippen LogP contribution in [-0.4, -0.2) is 16.1 Å². The fourth-order valence-electron chi connectivity index (χ4n) is 2.90. The lowest BCUT2D eigenvalue weighted by molar-refractivity contribution is -0.136. The maximum atomic E-state index is 14.0. The minimum atomic E-state index is -0.934. The van der Waals surface area contributed by atoms with E-state index >= 15 is 0 Å². The van der Waals surface area contributed by atoms with Crippen molar-refractivity contribution in [2.45, 2.75) is 20.3 Å². The third-order valence-electron chi connectivity index (χ3n) is 3.87. The van der Waals surface area contributed by atoms with Crippen LogP contribution in [0.4, 0.5) is 4.39 Å². The van der Waals surface area contributed by atoms with Crippen LogP contribution in [0.25, 0.3) is 22.2 Å². The number of aromatic amines is 1. The van der Waals surface area contributed by atoms with Crippen LogP contribution in [0.3, 0.4) is 0 Å². The van der Waals surface area contributed by atoms with Crippen LogP contribution in [0.15, 0.2) is 36.4 Å². The Labute approximate surface area is 127 Å². The molecule has 2 aromatic carbocycles. The number of fused-ring (bicyclic) bond motifs is 1. The summed E-state index contributed by atoms with van der Waals surface area (Å²) < 4.78 is 14.0. The van der Waals surface area contributed by atoms with Crippen LogP contribution >= 0.6 is 0 Å². The molecule has 112 valence electrons. The smallest absolute Gasteiger partial charge is 0.307 e. The third-order valence-corrected chi connectivity index (χ3v) is 3.87. The van der Waals surface area contributed by atoms with Gasteiger partial charge in [0, 0.05) is 10.9 Å². The minimum Gasteiger partial charge on any atom is -0.481 e. The van der Waals surface area contributed by atoms with E-state index in [1.807, 2.05) is 32.0 Å². The molecule has 0 bridgehead atoms. The van der Waals surface area contributed by atoms with Crippen molar-refractivity contribution >= 4 is 16.9 Å². The van der Waals surface area contributed by atoms with E-state index in [4.69, 9.17) is 0 Å². The van der Waals surface area contributed by atoms with Crippen LogP contribution in [0.2, 0.25) is 0 Å². The minimum absolute atomic E-state index is 0.147. The summed E-state index contributed by atoms with van der Waals surface area (Å²) in [5.41, 5.74) is 4.71. The zero-order chi connectivity index (χ0) is 15.9. The van der Waals surface area contributed by atoms with Crippen molar-refractivity contribution in [3.63, 3.8) is 0 Å². The first-order valence-corrected chi connectivity index (χ1v) is 7.06. The quantitative estimate of drug-likeness (QED) is 0.760. The molecule has 0 saturated heterocycles. The summed E-state index contributed by atoms with van der Waals surface area (Å²) in [7, 11) is 0. The first-order chi connectivity index (χ1) is 10.5. The number of benzene rings is 2. The number of nitrogens with one attached hydrogen (secondary N) is 1. The third kappa shape index (κ3) is 2.37. The molecule has 0 aliphatic rings. The number of carbonyl (C=O) groups is 1. The molecule has 0 radical (unpaired) electrons. The number of para-hydroxylation sites is 1.